The van der Waals surface area contributed by atoms with Crippen molar-refractivity contribution >= 4 is 11.0 Å². The molecule has 0 spiro atoms. The van der Waals surface area contributed by atoms with Gasteiger partial charge in [-0.2, -0.15) is 0 Å². The van der Waals surface area contributed by atoms with Crippen LogP contribution < -0.4 is 4.74 Å². The van der Waals surface area contributed by atoms with Gasteiger partial charge in [-0.1, -0.05) is 51.1 Å². The lowest BCUT2D eigenvalue weighted by Crippen LogP contribution is -2.30. The molecule has 3 nitrogen and oxygen atoms in total. The van der Waals surface area contributed by atoms with Gasteiger partial charge in [-0.15, -0.1) is 13.2 Å². The fraction of sp³-hybridized carbons (Fsp3) is 0.458. The maximum atomic E-state index is 12.9. The first-order valence-corrected chi connectivity index (χ1v) is 10.4. The summed E-state index contributed by atoms with van der Waals surface area (Å²) in [7, 11) is 0. The standard InChI is InChI=1S/C24H27F3N2O/c1-16-12-18(15-23(2,3)14-16)29-20-10-6-5-9-19(20)28-22(29)13-17-8-4-7-11-21(17)30-24(25,26)27/h4-11,16,18H,12-15H2,1-3H3/t16-,18+/m1/s1. The Hall–Kier alpha value is -2.50. The number of alkyl halides is 3. The third-order valence-electron chi connectivity index (χ3n) is 5.94. The first-order valence-electron chi connectivity index (χ1n) is 10.4. The van der Waals surface area contributed by atoms with E-state index in [1.54, 1.807) is 18.2 Å². The zero-order chi connectivity index (χ0) is 21.5. The number of hydrogen-bond acceptors (Lipinski definition) is 2. The lowest BCUT2D eigenvalue weighted by atomic mass is 9.70. The van der Waals surface area contributed by atoms with E-state index >= 15 is 0 Å². The summed E-state index contributed by atoms with van der Waals surface area (Å²) in [4.78, 5) is 4.82. The second-order valence-electron chi connectivity index (χ2n) is 9.29. The highest BCUT2D eigenvalue weighted by atomic mass is 19.4. The molecule has 160 valence electrons. The minimum absolute atomic E-state index is 0.166. The maximum Gasteiger partial charge on any atom is 0.573 e. The van der Waals surface area contributed by atoms with Crippen LogP contribution >= 0.6 is 0 Å². The largest absolute Gasteiger partial charge is 0.573 e. The van der Waals surface area contributed by atoms with Crippen LogP contribution in [-0.4, -0.2) is 15.9 Å². The van der Waals surface area contributed by atoms with Gasteiger partial charge in [-0.05, 0) is 48.8 Å². The molecule has 3 aromatic rings. The molecule has 2 aromatic carbocycles. The Balaban J connectivity index is 1.77. The van der Waals surface area contributed by atoms with E-state index in [0.717, 1.165) is 29.7 Å². The molecule has 0 unspecified atom stereocenters. The van der Waals surface area contributed by atoms with Gasteiger partial charge in [0.15, 0.2) is 0 Å². The van der Waals surface area contributed by atoms with E-state index in [1.165, 1.54) is 12.5 Å². The maximum absolute atomic E-state index is 12.9. The van der Waals surface area contributed by atoms with Crippen molar-refractivity contribution in [2.24, 2.45) is 11.3 Å². The van der Waals surface area contributed by atoms with Crippen LogP contribution in [0, 0.1) is 11.3 Å². The van der Waals surface area contributed by atoms with Gasteiger partial charge in [-0.25, -0.2) is 4.98 Å². The molecule has 1 aliphatic rings. The number of nitrogens with zero attached hydrogens (tertiary/aromatic N) is 2. The van der Waals surface area contributed by atoms with Gasteiger partial charge < -0.3 is 9.30 Å². The van der Waals surface area contributed by atoms with E-state index in [9.17, 15) is 13.2 Å². The molecule has 1 aliphatic carbocycles. The van der Waals surface area contributed by atoms with Crippen molar-refractivity contribution in [3.8, 4) is 5.75 Å². The molecule has 1 aromatic heterocycles. The van der Waals surface area contributed by atoms with E-state index in [2.05, 4.69) is 36.1 Å². The van der Waals surface area contributed by atoms with Crippen molar-refractivity contribution in [2.45, 2.75) is 58.9 Å². The monoisotopic (exact) mass is 416 g/mol. The van der Waals surface area contributed by atoms with Gasteiger partial charge in [0.25, 0.3) is 0 Å². The summed E-state index contributed by atoms with van der Waals surface area (Å²) in [6.45, 7) is 6.86. The number of hydrogen-bond donors (Lipinski definition) is 0. The predicted molar refractivity (Wildman–Crippen MR) is 111 cm³/mol. The molecule has 0 amide bonds. The van der Waals surface area contributed by atoms with Gasteiger partial charge in [0, 0.05) is 18.0 Å². The summed E-state index contributed by atoms with van der Waals surface area (Å²) >= 11 is 0. The molecule has 0 radical (unpaired) electrons. The van der Waals surface area contributed by atoms with Crippen LogP contribution in [0.3, 0.4) is 0 Å². The summed E-state index contributed by atoms with van der Waals surface area (Å²) in [6, 6.07) is 14.5. The second kappa shape index (κ2) is 7.64. The molecule has 6 heteroatoms. The van der Waals surface area contributed by atoms with Crippen LogP contribution in [0.2, 0.25) is 0 Å². The quantitative estimate of drug-likeness (QED) is 0.462. The van der Waals surface area contributed by atoms with Gasteiger partial charge in [0.05, 0.1) is 11.0 Å². The topological polar surface area (TPSA) is 27.1 Å². The molecule has 0 N–H and O–H groups in total. The highest BCUT2D eigenvalue weighted by molar-refractivity contribution is 5.76. The molecule has 1 heterocycles. The number of ether oxygens (including phenoxy) is 1. The van der Waals surface area contributed by atoms with E-state index in [0.29, 0.717) is 11.5 Å². The highest BCUT2D eigenvalue weighted by Crippen LogP contribution is 2.45. The van der Waals surface area contributed by atoms with Crippen LogP contribution in [0.15, 0.2) is 48.5 Å². The fourth-order valence-electron chi connectivity index (χ4n) is 5.16. The second-order valence-corrected chi connectivity index (χ2v) is 9.29. The summed E-state index contributed by atoms with van der Waals surface area (Å²) in [5.41, 5.74) is 2.60. The number of imidazole rings is 1. The van der Waals surface area contributed by atoms with Gasteiger partial charge in [0.2, 0.25) is 0 Å². The molecule has 1 saturated carbocycles. The third kappa shape index (κ3) is 4.47. The van der Waals surface area contributed by atoms with Crippen molar-refractivity contribution < 1.29 is 17.9 Å². The Kier molecular flexibility index (Phi) is 5.28. The Morgan fingerprint density at radius 3 is 2.50 bits per heavy atom. The predicted octanol–water partition coefficient (Wildman–Crippen LogP) is 6.91. The van der Waals surface area contributed by atoms with Crippen molar-refractivity contribution in [1.29, 1.82) is 0 Å². The van der Waals surface area contributed by atoms with Crippen molar-refractivity contribution in [1.82, 2.24) is 9.55 Å². The molecular formula is C24H27F3N2O. The zero-order valence-corrected chi connectivity index (χ0v) is 17.5. The van der Waals surface area contributed by atoms with E-state index < -0.39 is 6.36 Å². The van der Waals surface area contributed by atoms with Gasteiger partial charge >= 0.3 is 6.36 Å². The van der Waals surface area contributed by atoms with Gasteiger partial charge in [0.1, 0.15) is 11.6 Å². The van der Waals surface area contributed by atoms with Gasteiger partial charge in [-0.3, -0.25) is 0 Å². The average Bonchev–Trinajstić information content (AvgIpc) is 2.98. The summed E-state index contributed by atoms with van der Waals surface area (Å²) in [5, 5.41) is 0. The molecule has 0 aliphatic heterocycles. The minimum Gasteiger partial charge on any atom is -0.405 e. The van der Waals surface area contributed by atoms with E-state index in [-0.39, 0.29) is 23.6 Å². The summed E-state index contributed by atoms with van der Waals surface area (Å²) in [5.74, 6) is 1.19. The first-order chi connectivity index (χ1) is 14.1. The first kappa shape index (κ1) is 20.8. The molecule has 0 bridgehead atoms. The van der Waals surface area contributed by atoms with Crippen LogP contribution in [0.1, 0.15) is 57.5 Å². The van der Waals surface area contributed by atoms with Crippen molar-refractivity contribution in [3.63, 3.8) is 0 Å². The lowest BCUT2D eigenvalue weighted by molar-refractivity contribution is -0.274. The van der Waals surface area contributed by atoms with Crippen LogP contribution in [0.4, 0.5) is 13.2 Å². The number of rotatable bonds is 4. The fourth-order valence-corrected chi connectivity index (χ4v) is 5.16. The molecule has 4 rings (SSSR count). The lowest BCUT2D eigenvalue weighted by Gasteiger charge is -2.40. The Morgan fingerprint density at radius 1 is 1.07 bits per heavy atom. The third-order valence-corrected chi connectivity index (χ3v) is 5.94. The number of para-hydroxylation sites is 3. The molecular weight excluding hydrogens is 389 g/mol. The SMILES string of the molecule is C[C@@H]1C[C@H](n2c(Cc3ccccc3OC(F)(F)F)nc3ccccc32)CC(C)(C)C1. The van der Waals surface area contributed by atoms with Crippen LogP contribution in [0.25, 0.3) is 11.0 Å². The smallest absolute Gasteiger partial charge is 0.405 e. The normalized spacial score (nSPS) is 21.7. The van der Waals surface area contributed by atoms with Crippen LogP contribution in [-0.2, 0) is 6.42 Å². The summed E-state index contributed by atoms with van der Waals surface area (Å²) < 4.78 is 45.2. The van der Waals surface area contributed by atoms with E-state index in [4.69, 9.17) is 4.98 Å². The Bertz CT molecular complexity index is 1040. The molecule has 0 saturated heterocycles. The number of aromatic nitrogens is 2. The number of benzene rings is 2. The minimum atomic E-state index is -4.72. The molecule has 30 heavy (non-hydrogen) atoms. The Morgan fingerprint density at radius 2 is 1.77 bits per heavy atom. The Labute approximate surface area is 174 Å². The highest BCUT2D eigenvalue weighted by Gasteiger charge is 2.35. The number of fused-ring (bicyclic) bond motifs is 1. The zero-order valence-electron chi connectivity index (χ0n) is 17.5. The van der Waals surface area contributed by atoms with Crippen LogP contribution in [0.5, 0.6) is 5.75 Å². The molecule has 1 fully saturated rings. The van der Waals surface area contributed by atoms with Crippen molar-refractivity contribution in [3.05, 3.63) is 59.9 Å². The number of halogens is 3. The van der Waals surface area contributed by atoms with E-state index in [1.807, 2.05) is 18.2 Å². The summed E-state index contributed by atoms with van der Waals surface area (Å²) in [6.07, 6.45) is -1.21. The average molecular weight is 416 g/mol. The molecule has 2 atom stereocenters. The van der Waals surface area contributed by atoms with Crippen molar-refractivity contribution in [2.75, 3.05) is 0 Å².